The minimum absolute atomic E-state index is 0.0558. The van der Waals surface area contributed by atoms with Crippen molar-refractivity contribution < 1.29 is 10.3 Å². The van der Waals surface area contributed by atoms with E-state index in [2.05, 4.69) is 11.2 Å². The van der Waals surface area contributed by atoms with Crippen LogP contribution in [-0.4, -0.2) is 16.0 Å². The monoisotopic (exact) mass is 203 g/mol. The van der Waals surface area contributed by atoms with Gasteiger partial charge in [-0.05, 0) is 24.0 Å². The zero-order valence-corrected chi connectivity index (χ0v) is 8.35. The highest BCUT2D eigenvalue weighted by Gasteiger charge is 2.15. The molecule has 0 atom stereocenters. The molecule has 0 spiro atoms. The first-order chi connectivity index (χ1) is 7.35. The van der Waals surface area contributed by atoms with Gasteiger partial charge in [-0.25, -0.2) is 0 Å². The predicted molar refractivity (Wildman–Crippen MR) is 58.8 cm³/mol. The van der Waals surface area contributed by atoms with Crippen LogP contribution in [0.3, 0.4) is 0 Å². The van der Waals surface area contributed by atoms with Gasteiger partial charge >= 0.3 is 0 Å². The molecule has 78 valence electrons. The third-order valence-electron chi connectivity index (χ3n) is 2.61. The van der Waals surface area contributed by atoms with Gasteiger partial charge in [-0.2, -0.15) is 0 Å². The molecular weight excluding hydrogens is 190 g/mol. The lowest BCUT2D eigenvalue weighted by atomic mass is 10.0. The van der Waals surface area contributed by atoms with Crippen molar-refractivity contribution in [2.24, 2.45) is 5.16 Å². The first-order valence-corrected chi connectivity index (χ1v) is 4.97. The van der Waals surface area contributed by atoms with Gasteiger partial charge < -0.3 is 10.3 Å². The number of hydrogen-bond acceptors (Lipinski definition) is 3. The molecule has 15 heavy (non-hydrogen) atoms. The maximum atomic E-state index is 8.91. The number of aliphatic hydroxyl groups is 1. The molecule has 2 rings (SSSR count). The molecule has 1 aromatic rings. The first kappa shape index (κ1) is 9.93. The van der Waals surface area contributed by atoms with Crippen LogP contribution in [-0.2, 0) is 6.61 Å². The van der Waals surface area contributed by atoms with Crippen molar-refractivity contribution in [2.75, 3.05) is 0 Å². The molecule has 0 saturated carbocycles. The number of rotatable bonds is 2. The molecule has 0 saturated heterocycles. The van der Waals surface area contributed by atoms with Crippen molar-refractivity contribution in [3.8, 4) is 0 Å². The molecule has 3 heteroatoms. The zero-order chi connectivity index (χ0) is 10.7. The number of allylic oxidation sites excluding steroid dienone is 2. The van der Waals surface area contributed by atoms with Crippen molar-refractivity contribution in [2.45, 2.75) is 19.4 Å². The van der Waals surface area contributed by atoms with Crippen LogP contribution in [0.5, 0.6) is 0 Å². The Balaban J connectivity index is 2.30. The molecule has 0 heterocycles. The number of nitrogens with zero attached hydrogens (tertiary/aromatic N) is 1. The SMILES string of the molecule is OCc1ccc(C2=CCC/C2=N\O)cc1. The van der Waals surface area contributed by atoms with Crippen molar-refractivity contribution in [3.05, 3.63) is 41.5 Å². The Bertz CT molecular complexity index is 404. The molecule has 1 aliphatic rings. The predicted octanol–water partition coefficient (Wildman–Crippen LogP) is 2.19. The smallest absolute Gasteiger partial charge is 0.0873 e. The molecule has 0 aromatic heterocycles. The fraction of sp³-hybridized carbons (Fsp3) is 0.250. The molecule has 2 N–H and O–H groups in total. The lowest BCUT2D eigenvalue weighted by molar-refractivity contribution is 0.282. The summed E-state index contributed by atoms with van der Waals surface area (Å²) in [7, 11) is 0. The average molecular weight is 203 g/mol. The van der Waals surface area contributed by atoms with Crippen LogP contribution in [0.4, 0.5) is 0 Å². The third kappa shape index (κ3) is 1.92. The molecule has 1 aromatic carbocycles. The maximum absolute atomic E-state index is 8.91. The highest BCUT2D eigenvalue weighted by molar-refractivity contribution is 6.25. The van der Waals surface area contributed by atoms with E-state index in [-0.39, 0.29) is 6.61 Å². The van der Waals surface area contributed by atoms with Crippen LogP contribution < -0.4 is 0 Å². The minimum atomic E-state index is 0.0558. The van der Waals surface area contributed by atoms with Crippen LogP contribution in [0.15, 0.2) is 35.5 Å². The van der Waals surface area contributed by atoms with Crippen LogP contribution in [0, 0.1) is 0 Å². The van der Waals surface area contributed by atoms with Crippen LogP contribution in [0.25, 0.3) is 5.57 Å². The van der Waals surface area contributed by atoms with Crippen LogP contribution in [0.2, 0.25) is 0 Å². The summed E-state index contributed by atoms with van der Waals surface area (Å²) >= 11 is 0. The Labute approximate surface area is 88.4 Å². The minimum Gasteiger partial charge on any atom is -0.411 e. The fourth-order valence-corrected chi connectivity index (χ4v) is 1.78. The van der Waals surface area contributed by atoms with Crippen molar-refractivity contribution >= 4 is 11.3 Å². The standard InChI is InChI=1S/C12H13NO2/c14-8-9-4-6-10(7-5-9)11-2-1-3-12(11)13-15/h2,4-7,14-15H,1,3,8H2/b13-12+. The topological polar surface area (TPSA) is 52.8 Å². The summed E-state index contributed by atoms with van der Waals surface area (Å²) in [6, 6.07) is 7.63. The van der Waals surface area contributed by atoms with E-state index < -0.39 is 0 Å². The molecule has 0 radical (unpaired) electrons. The van der Waals surface area contributed by atoms with Gasteiger partial charge in [0, 0.05) is 5.57 Å². The normalized spacial score (nSPS) is 18.2. The summed E-state index contributed by atoms with van der Waals surface area (Å²) in [5, 5.41) is 21.0. The molecular formula is C12H13NO2. The number of aliphatic hydroxyl groups excluding tert-OH is 1. The van der Waals surface area contributed by atoms with Crippen LogP contribution >= 0.6 is 0 Å². The van der Waals surface area contributed by atoms with Crippen molar-refractivity contribution in [1.29, 1.82) is 0 Å². The van der Waals surface area contributed by atoms with Gasteiger partial charge in [-0.15, -0.1) is 0 Å². The highest BCUT2D eigenvalue weighted by atomic mass is 16.4. The highest BCUT2D eigenvalue weighted by Crippen LogP contribution is 2.25. The maximum Gasteiger partial charge on any atom is 0.0873 e. The summed E-state index contributed by atoms with van der Waals surface area (Å²) in [5.74, 6) is 0. The summed E-state index contributed by atoms with van der Waals surface area (Å²) < 4.78 is 0. The zero-order valence-electron chi connectivity index (χ0n) is 8.35. The number of oxime groups is 1. The van der Waals surface area contributed by atoms with Gasteiger partial charge in [0.05, 0.1) is 12.3 Å². The van der Waals surface area contributed by atoms with E-state index in [0.717, 1.165) is 35.3 Å². The van der Waals surface area contributed by atoms with Gasteiger partial charge in [0.2, 0.25) is 0 Å². The lowest BCUT2D eigenvalue weighted by Gasteiger charge is -2.04. The van der Waals surface area contributed by atoms with Gasteiger partial charge in [0.1, 0.15) is 0 Å². The Morgan fingerprint density at radius 2 is 1.93 bits per heavy atom. The Kier molecular flexibility index (Phi) is 2.83. The molecule has 0 fully saturated rings. The van der Waals surface area contributed by atoms with E-state index in [1.807, 2.05) is 24.3 Å². The molecule has 0 aliphatic heterocycles. The van der Waals surface area contributed by atoms with Crippen molar-refractivity contribution in [3.63, 3.8) is 0 Å². The van der Waals surface area contributed by atoms with Gasteiger partial charge in [-0.1, -0.05) is 35.5 Å². The molecule has 1 aliphatic carbocycles. The van der Waals surface area contributed by atoms with Gasteiger partial charge in [-0.3, -0.25) is 0 Å². The summed E-state index contributed by atoms with van der Waals surface area (Å²) in [6.45, 7) is 0.0558. The summed E-state index contributed by atoms with van der Waals surface area (Å²) in [5.41, 5.74) is 3.67. The largest absolute Gasteiger partial charge is 0.411 e. The Hall–Kier alpha value is -1.61. The van der Waals surface area contributed by atoms with E-state index in [1.54, 1.807) is 0 Å². The van der Waals surface area contributed by atoms with Gasteiger partial charge in [0.15, 0.2) is 0 Å². The van der Waals surface area contributed by atoms with E-state index in [1.165, 1.54) is 0 Å². The second-order valence-electron chi connectivity index (χ2n) is 3.56. The second kappa shape index (κ2) is 4.28. The fourth-order valence-electron chi connectivity index (χ4n) is 1.78. The van der Waals surface area contributed by atoms with E-state index in [9.17, 15) is 0 Å². The molecule has 0 unspecified atom stereocenters. The summed E-state index contributed by atoms with van der Waals surface area (Å²) in [6.07, 6.45) is 3.80. The van der Waals surface area contributed by atoms with Gasteiger partial charge in [0.25, 0.3) is 0 Å². The average Bonchev–Trinajstić information content (AvgIpc) is 2.77. The number of hydrogen-bond donors (Lipinski definition) is 2. The van der Waals surface area contributed by atoms with E-state index in [4.69, 9.17) is 10.3 Å². The Morgan fingerprint density at radius 3 is 2.53 bits per heavy atom. The van der Waals surface area contributed by atoms with Crippen molar-refractivity contribution in [1.82, 2.24) is 0 Å². The number of benzene rings is 1. The second-order valence-corrected chi connectivity index (χ2v) is 3.56. The molecule has 0 bridgehead atoms. The van der Waals surface area contributed by atoms with E-state index >= 15 is 0 Å². The Morgan fingerprint density at radius 1 is 1.20 bits per heavy atom. The summed E-state index contributed by atoms with van der Waals surface area (Å²) in [4.78, 5) is 0. The molecule has 0 amide bonds. The third-order valence-corrected chi connectivity index (χ3v) is 2.61. The quantitative estimate of drug-likeness (QED) is 0.571. The van der Waals surface area contributed by atoms with E-state index in [0.29, 0.717) is 0 Å². The first-order valence-electron chi connectivity index (χ1n) is 4.97. The van der Waals surface area contributed by atoms with Crippen LogP contribution in [0.1, 0.15) is 24.0 Å². The lowest BCUT2D eigenvalue weighted by Crippen LogP contribution is -1.96. The molecule has 3 nitrogen and oxygen atoms in total.